The Kier molecular flexibility index (Phi) is 4.12. The van der Waals surface area contributed by atoms with E-state index < -0.39 is 0 Å². The third-order valence-electron chi connectivity index (χ3n) is 2.31. The van der Waals surface area contributed by atoms with Crippen molar-refractivity contribution in [1.82, 2.24) is 4.98 Å². The summed E-state index contributed by atoms with van der Waals surface area (Å²) in [5.41, 5.74) is 0.374. The molecule has 90 valence electrons. The first-order valence-corrected chi connectivity index (χ1v) is 7.04. The minimum absolute atomic E-state index is 0.345. The van der Waals surface area contributed by atoms with Gasteiger partial charge >= 0.3 is 5.97 Å². The van der Waals surface area contributed by atoms with Gasteiger partial charge in [0.25, 0.3) is 0 Å². The molecule has 0 aliphatic heterocycles. The predicted octanol–water partition coefficient (Wildman–Crippen LogP) is 4.02. The molecule has 2 heterocycles. The maximum Gasteiger partial charge on any atom is 0.356 e. The highest BCUT2D eigenvalue weighted by atomic mass is 79.9. The number of rotatable bonds is 4. The Morgan fingerprint density at radius 3 is 3.12 bits per heavy atom. The monoisotopic (exact) mass is 313 g/mol. The Labute approximate surface area is 112 Å². The number of esters is 1. The van der Waals surface area contributed by atoms with Gasteiger partial charge in [0.2, 0.25) is 0 Å². The lowest BCUT2D eigenvalue weighted by molar-refractivity contribution is 0.0493. The first kappa shape index (κ1) is 12.5. The summed E-state index contributed by atoms with van der Waals surface area (Å²) in [6.07, 6.45) is 3.61. The summed E-state index contributed by atoms with van der Waals surface area (Å²) < 4.78 is 7.20. The Hall–Kier alpha value is -0.940. The average Bonchev–Trinajstić information content (AvgIpc) is 2.68. The molecule has 0 N–H and O–H groups in total. The van der Waals surface area contributed by atoms with Gasteiger partial charge in [0.1, 0.15) is 5.69 Å². The number of fused-ring (bicyclic) bond motifs is 1. The van der Waals surface area contributed by atoms with E-state index in [0.29, 0.717) is 12.3 Å². The van der Waals surface area contributed by atoms with Crippen LogP contribution in [0.5, 0.6) is 0 Å². The number of unbranched alkanes of at least 4 members (excludes halogenated alkanes) is 1. The van der Waals surface area contributed by atoms with E-state index in [2.05, 4.69) is 27.8 Å². The summed E-state index contributed by atoms with van der Waals surface area (Å²) in [6.45, 7) is 2.52. The van der Waals surface area contributed by atoms with Crippen molar-refractivity contribution in [2.75, 3.05) is 6.61 Å². The number of carbonyl (C=O) groups excluding carboxylic acids is 1. The number of nitrogens with zero attached hydrogens (tertiary/aromatic N) is 1. The second kappa shape index (κ2) is 5.60. The summed E-state index contributed by atoms with van der Waals surface area (Å²) in [5.74, 6) is -0.345. The fourth-order valence-corrected chi connectivity index (χ4v) is 2.91. The second-order valence-electron chi connectivity index (χ2n) is 3.65. The van der Waals surface area contributed by atoms with Gasteiger partial charge in [-0.2, -0.15) is 0 Å². The van der Waals surface area contributed by atoms with E-state index in [1.807, 2.05) is 6.07 Å². The molecular formula is C12H12BrNO2S. The number of aromatic nitrogens is 1. The molecule has 0 radical (unpaired) electrons. The molecule has 0 aromatic carbocycles. The van der Waals surface area contributed by atoms with Crippen LogP contribution in [0.25, 0.3) is 10.1 Å². The normalized spacial score (nSPS) is 10.7. The predicted molar refractivity (Wildman–Crippen MR) is 72.5 cm³/mol. The van der Waals surface area contributed by atoms with Gasteiger partial charge in [0, 0.05) is 6.20 Å². The van der Waals surface area contributed by atoms with E-state index in [0.717, 1.165) is 26.7 Å². The Morgan fingerprint density at radius 2 is 2.35 bits per heavy atom. The van der Waals surface area contributed by atoms with E-state index in [9.17, 15) is 4.79 Å². The van der Waals surface area contributed by atoms with Gasteiger partial charge in [-0.05, 0) is 39.9 Å². The van der Waals surface area contributed by atoms with Crippen LogP contribution in [0.1, 0.15) is 30.3 Å². The highest BCUT2D eigenvalue weighted by Crippen LogP contribution is 2.29. The third kappa shape index (κ3) is 3.04. The number of thiophene rings is 1. The van der Waals surface area contributed by atoms with Gasteiger partial charge in [-0.15, -0.1) is 11.3 Å². The third-order valence-corrected chi connectivity index (χ3v) is 3.90. The van der Waals surface area contributed by atoms with E-state index in [4.69, 9.17) is 4.74 Å². The van der Waals surface area contributed by atoms with Crippen LogP contribution >= 0.6 is 27.3 Å². The topological polar surface area (TPSA) is 39.2 Å². The molecular weight excluding hydrogens is 302 g/mol. The number of hydrogen-bond acceptors (Lipinski definition) is 4. The molecule has 0 aliphatic rings. The fraction of sp³-hybridized carbons (Fsp3) is 0.333. The van der Waals surface area contributed by atoms with Gasteiger partial charge in [0.05, 0.1) is 15.1 Å². The van der Waals surface area contributed by atoms with Crippen molar-refractivity contribution < 1.29 is 9.53 Å². The molecule has 0 atom stereocenters. The molecule has 0 saturated heterocycles. The fourth-order valence-electron chi connectivity index (χ4n) is 1.41. The summed E-state index contributed by atoms with van der Waals surface area (Å²) >= 11 is 5.01. The van der Waals surface area contributed by atoms with Crippen molar-refractivity contribution in [3.8, 4) is 0 Å². The van der Waals surface area contributed by atoms with Crippen molar-refractivity contribution >= 4 is 43.3 Å². The zero-order valence-electron chi connectivity index (χ0n) is 9.40. The average molecular weight is 314 g/mol. The molecule has 0 fully saturated rings. The largest absolute Gasteiger partial charge is 0.461 e. The Bertz CT molecular complexity index is 538. The van der Waals surface area contributed by atoms with E-state index in [-0.39, 0.29) is 5.97 Å². The zero-order valence-corrected chi connectivity index (χ0v) is 11.8. The van der Waals surface area contributed by atoms with Crippen LogP contribution in [-0.4, -0.2) is 17.6 Å². The van der Waals surface area contributed by atoms with Crippen LogP contribution in [0.2, 0.25) is 0 Å². The summed E-state index contributed by atoms with van der Waals surface area (Å²) in [5, 5.41) is 1.01. The minimum atomic E-state index is -0.345. The molecule has 0 aliphatic carbocycles. The number of pyridine rings is 1. The molecule has 0 amide bonds. The Balaban J connectivity index is 2.15. The quantitative estimate of drug-likeness (QED) is 0.632. The van der Waals surface area contributed by atoms with Crippen LogP contribution in [0, 0.1) is 0 Å². The summed E-state index contributed by atoms with van der Waals surface area (Å²) in [7, 11) is 0. The molecule has 0 saturated carbocycles. The summed E-state index contributed by atoms with van der Waals surface area (Å²) in [6, 6.07) is 3.75. The highest BCUT2D eigenvalue weighted by Gasteiger charge is 2.10. The van der Waals surface area contributed by atoms with E-state index in [1.54, 1.807) is 23.6 Å². The molecule has 17 heavy (non-hydrogen) atoms. The van der Waals surface area contributed by atoms with Crippen LogP contribution in [0.3, 0.4) is 0 Å². The molecule has 0 unspecified atom stereocenters. The van der Waals surface area contributed by atoms with Crippen LogP contribution < -0.4 is 0 Å². The van der Waals surface area contributed by atoms with Gasteiger partial charge < -0.3 is 4.74 Å². The second-order valence-corrected chi connectivity index (χ2v) is 6.11. The zero-order chi connectivity index (χ0) is 12.3. The standard InChI is InChI=1S/C12H12BrNO2S/c1-2-3-4-16-12(15)9-5-8-6-11(13)17-10(8)7-14-9/h5-7H,2-4H2,1H3. The van der Waals surface area contributed by atoms with Crippen LogP contribution in [0.4, 0.5) is 0 Å². The highest BCUT2D eigenvalue weighted by molar-refractivity contribution is 9.11. The molecule has 3 nitrogen and oxygen atoms in total. The number of halogens is 1. The molecule has 0 spiro atoms. The smallest absolute Gasteiger partial charge is 0.356 e. The SMILES string of the molecule is CCCCOC(=O)c1cc2cc(Br)sc2cn1. The molecule has 2 aromatic rings. The van der Waals surface area contributed by atoms with E-state index in [1.165, 1.54) is 0 Å². The molecule has 2 aromatic heterocycles. The van der Waals surface area contributed by atoms with Crippen molar-refractivity contribution in [3.05, 3.63) is 27.8 Å². The van der Waals surface area contributed by atoms with Crippen LogP contribution in [-0.2, 0) is 4.74 Å². The lowest BCUT2D eigenvalue weighted by atomic mass is 10.3. The molecule has 2 rings (SSSR count). The van der Waals surface area contributed by atoms with Gasteiger partial charge in [-0.3, -0.25) is 0 Å². The van der Waals surface area contributed by atoms with Crippen molar-refractivity contribution in [2.24, 2.45) is 0 Å². The number of carbonyl (C=O) groups is 1. The lowest BCUT2D eigenvalue weighted by Gasteiger charge is -2.02. The number of ether oxygens (including phenoxy) is 1. The number of hydrogen-bond donors (Lipinski definition) is 0. The van der Waals surface area contributed by atoms with Crippen molar-refractivity contribution in [3.63, 3.8) is 0 Å². The van der Waals surface area contributed by atoms with Crippen LogP contribution in [0.15, 0.2) is 22.1 Å². The van der Waals surface area contributed by atoms with E-state index >= 15 is 0 Å². The van der Waals surface area contributed by atoms with Crippen molar-refractivity contribution in [2.45, 2.75) is 19.8 Å². The maximum atomic E-state index is 11.7. The Morgan fingerprint density at radius 1 is 1.53 bits per heavy atom. The van der Waals surface area contributed by atoms with Gasteiger partial charge in [-0.25, -0.2) is 9.78 Å². The van der Waals surface area contributed by atoms with Gasteiger partial charge in [0.15, 0.2) is 0 Å². The minimum Gasteiger partial charge on any atom is -0.461 e. The maximum absolute atomic E-state index is 11.7. The van der Waals surface area contributed by atoms with Crippen molar-refractivity contribution in [1.29, 1.82) is 0 Å². The first-order valence-electron chi connectivity index (χ1n) is 5.43. The first-order chi connectivity index (χ1) is 8.20. The molecule has 0 bridgehead atoms. The molecule has 5 heteroatoms. The summed E-state index contributed by atoms with van der Waals surface area (Å²) in [4.78, 5) is 15.8. The lowest BCUT2D eigenvalue weighted by Crippen LogP contribution is -2.07. The van der Waals surface area contributed by atoms with Gasteiger partial charge in [-0.1, -0.05) is 13.3 Å².